The molecule has 6 nitrogen and oxygen atoms in total. The first-order chi connectivity index (χ1) is 14.0. The summed E-state index contributed by atoms with van der Waals surface area (Å²) in [7, 11) is 0. The number of alkyl halides is 1. The lowest BCUT2D eigenvalue weighted by atomic mass is 10.0. The van der Waals surface area contributed by atoms with Gasteiger partial charge in [-0.1, -0.05) is 48.0 Å². The van der Waals surface area contributed by atoms with E-state index in [-0.39, 0.29) is 18.2 Å². The van der Waals surface area contributed by atoms with Crippen LogP contribution < -0.4 is 16.4 Å². The number of nitrogens with one attached hydrogen (secondary N) is 2. The zero-order chi connectivity index (χ0) is 20.8. The summed E-state index contributed by atoms with van der Waals surface area (Å²) < 4.78 is 0. The lowest BCUT2D eigenvalue weighted by Crippen LogP contribution is -2.40. The van der Waals surface area contributed by atoms with Crippen molar-refractivity contribution in [2.75, 3.05) is 12.4 Å². The number of halogens is 2. The summed E-state index contributed by atoms with van der Waals surface area (Å²) in [6.45, 7) is 0.990. The maximum absolute atomic E-state index is 12.4. The van der Waals surface area contributed by atoms with Gasteiger partial charge >= 0.3 is 6.03 Å². The molecule has 1 fully saturated rings. The van der Waals surface area contributed by atoms with Gasteiger partial charge in [0.05, 0.1) is 24.6 Å². The van der Waals surface area contributed by atoms with E-state index in [1.54, 1.807) is 0 Å². The minimum Gasteiger partial charge on any atom is -0.371 e. The van der Waals surface area contributed by atoms with E-state index in [1.807, 2.05) is 48.5 Å². The third-order valence-corrected chi connectivity index (χ3v) is 5.64. The molecular formula is C21H26Cl2N4O2. The summed E-state index contributed by atoms with van der Waals surface area (Å²) in [4.78, 5) is 13.8. The van der Waals surface area contributed by atoms with Crippen LogP contribution in [0.25, 0.3) is 11.1 Å². The summed E-state index contributed by atoms with van der Waals surface area (Å²) in [6, 6.07) is 14.9. The number of aliphatic hydroxyl groups is 1. The second kappa shape index (κ2) is 10.3. The third-order valence-electron chi connectivity index (χ3n) is 4.98. The Balaban J connectivity index is 1.61. The number of carbonyl (C=O) groups is 1. The number of amides is 2. The topological polar surface area (TPSA) is 90.6 Å². The van der Waals surface area contributed by atoms with E-state index in [9.17, 15) is 9.90 Å². The fourth-order valence-corrected chi connectivity index (χ4v) is 3.79. The molecule has 3 rings (SSSR count). The average molecular weight is 437 g/mol. The molecular weight excluding hydrogens is 411 g/mol. The van der Waals surface area contributed by atoms with Crippen LogP contribution in [0.1, 0.15) is 18.4 Å². The molecule has 2 aromatic rings. The van der Waals surface area contributed by atoms with Crippen molar-refractivity contribution in [2.45, 2.75) is 37.8 Å². The molecule has 5 N–H and O–H groups in total. The second-order valence-electron chi connectivity index (χ2n) is 7.13. The highest BCUT2D eigenvalue weighted by molar-refractivity contribution is 6.33. The Morgan fingerprint density at radius 3 is 2.79 bits per heavy atom. The van der Waals surface area contributed by atoms with Crippen molar-refractivity contribution in [2.24, 2.45) is 5.73 Å². The highest BCUT2D eigenvalue weighted by Gasteiger charge is 2.37. The fourth-order valence-electron chi connectivity index (χ4n) is 3.43. The lowest BCUT2D eigenvalue weighted by Gasteiger charge is -2.22. The molecule has 8 heteroatoms. The predicted octanol–water partition coefficient (Wildman–Crippen LogP) is 3.11. The van der Waals surface area contributed by atoms with E-state index >= 15 is 0 Å². The quantitative estimate of drug-likeness (QED) is 0.276. The molecule has 0 saturated carbocycles. The molecule has 29 heavy (non-hydrogen) atoms. The molecule has 2 amide bonds. The van der Waals surface area contributed by atoms with Gasteiger partial charge in [0.1, 0.15) is 0 Å². The molecule has 0 radical (unpaired) electrons. The largest absolute Gasteiger partial charge is 0.371 e. The van der Waals surface area contributed by atoms with Crippen LogP contribution in [-0.2, 0) is 6.54 Å². The van der Waals surface area contributed by atoms with Crippen molar-refractivity contribution in [1.29, 1.82) is 0 Å². The Morgan fingerprint density at radius 1 is 1.24 bits per heavy atom. The zero-order valence-corrected chi connectivity index (χ0v) is 17.5. The monoisotopic (exact) mass is 436 g/mol. The number of hydrogen-bond donors (Lipinski definition) is 4. The van der Waals surface area contributed by atoms with Crippen LogP contribution in [0.5, 0.6) is 0 Å². The zero-order valence-electron chi connectivity index (χ0n) is 16.0. The van der Waals surface area contributed by atoms with Crippen LogP contribution in [0.15, 0.2) is 48.5 Å². The minimum atomic E-state index is -0.881. The number of benzene rings is 2. The summed E-state index contributed by atoms with van der Waals surface area (Å²) >= 11 is 12.0. The smallest absolute Gasteiger partial charge is 0.320 e. The molecule has 1 aliphatic heterocycles. The lowest BCUT2D eigenvalue weighted by molar-refractivity contribution is 0.0346. The van der Waals surface area contributed by atoms with Crippen LogP contribution in [0, 0.1) is 0 Å². The number of hydrogen-bond acceptors (Lipinski definition) is 4. The van der Waals surface area contributed by atoms with Crippen molar-refractivity contribution < 1.29 is 9.90 Å². The summed E-state index contributed by atoms with van der Waals surface area (Å²) in [5.41, 5.74) is 8.54. The normalized spacial score (nSPS) is 20.0. The Bertz CT molecular complexity index is 836. The fraction of sp³-hybridized carbons (Fsp3) is 0.381. The first-order valence-electron chi connectivity index (χ1n) is 9.63. The minimum absolute atomic E-state index is 0.248. The molecule has 3 atom stereocenters. The first kappa shape index (κ1) is 21.9. The van der Waals surface area contributed by atoms with E-state index < -0.39 is 6.23 Å². The number of nitrogens with two attached hydrogens (primary N) is 1. The number of rotatable bonds is 9. The molecule has 1 saturated heterocycles. The number of aliphatic hydroxyl groups excluding tert-OH is 1. The number of carbonyl (C=O) groups excluding carboxylic acids is 1. The van der Waals surface area contributed by atoms with Crippen molar-refractivity contribution in [3.8, 4) is 11.1 Å². The predicted molar refractivity (Wildman–Crippen MR) is 117 cm³/mol. The Hall–Kier alpha value is -1.83. The maximum Gasteiger partial charge on any atom is 0.320 e. The van der Waals surface area contributed by atoms with Crippen LogP contribution in [-0.4, -0.2) is 46.9 Å². The molecule has 0 aliphatic carbocycles. The molecule has 1 aliphatic rings. The van der Waals surface area contributed by atoms with Gasteiger partial charge in [0.25, 0.3) is 0 Å². The van der Waals surface area contributed by atoms with E-state index in [0.717, 1.165) is 23.1 Å². The number of urea groups is 1. The van der Waals surface area contributed by atoms with Gasteiger partial charge in [0, 0.05) is 10.6 Å². The van der Waals surface area contributed by atoms with E-state index in [2.05, 4.69) is 10.6 Å². The molecule has 3 unspecified atom stereocenters. The summed E-state index contributed by atoms with van der Waals surface area (Å²) in [5.74, 6) is 0.337. The van der Waals surface area contributed by atoms with Gasteiger partial charge in [-0.05, 0) is 42.6 Å². The standard InChI is InChI=1S/C21H26Cl2N4O2/c22-12-19(24)25-10-4-9-18-20(28)27(21(29)26-18)13-14-5-3-6-15(11-14)16-7-1-2-8-17(16)23/h1-3,5-8,11,18-20,25,28H,4,9-10,12-13,24H2,(H,26,29). The van der Waals surface area contributed by atoms with Crippen LogP contribution in [0.2, 0.25) is 5.02 Å². The van der Waals surface area contributed by atoms with Crippen LogP contribution in [0.3, 0.4) is 0 Å². The van der Waals surface area contributed by atoms with Crippen molar-refractivity contribution in [3.63, 3.8) is 0 Å². The molecule has 0 spiro atoms. The summed E-state index contributed by atoms with van der Waals surface area (Å²) in [5, 5.41) is 17.2. The first-order valence-corrected chi connectivity index (χ1v) is 10.5. The highest BCUT2D eigenvalue weighted by Crippen LogP contribution is 2.29. The molecule has 0 bridgehead atoms. The Labute approximate surface area is 181 Å². The molecule has 0 aromatic heterocycles. The molecule has 156 valence electrons. The van der Waals surface area contributed by atoms with Gasteiger partial charge in [-0.2, -0.15) is 0 Å². The van der Waals surface area contributed by atoms with Gasteiger partial charge in [-0.15, -0.1) is 11.6 Å². The van der Waals surface area contributed by atoms with Crippen LogP contribution >= 0.6 is 23.2 Å². The maximum atomic E-state index is 12.4. The molecule has 2 aromatic carbocycles. The van der Waals surface area contributed by atoms with Gasteiger partial charge in [-0.3, -0.25) is 4.90 Å². The summed E-state index contributed by atoms with van der Waals surface area (Å²) in [6.07, 6.45) is 0.280. The number of nitrogens with zero attached hydrogens (tertiary/aromatic N) is 1. The van der Waals surface area contributed by atoms with Gasteiger partial charge in [0.15, 0.2) is 6.23 Å². The molecule has 1 heterocycles. The van der Waals surface area contributed by atoms with Gasteiger partial charge in [0.2, 0.25) is 0 Å². The Kier molecular flexibility index (Phi) is 7.75. The van der Waals surface area contributed by atoms with Crippen LogP contribution in [0.4, 0.5) is 4.79 Å². The average Bonchev–Trinajstić information content (AvgIpc) is 2.99. The van der Waals surface area contributed by atoms with E-state index in [1.165, 1.54) is 4.90 Å². The van der Waals surface area contributed by atoms with Crippen molar-refractivity contribution in [3.05, 3.63) is 59.1 Å². The SMILES string of the molecule is NC(CCl)NCCCC1NC(=O)N(Cc2cccc(-c3ccccc3Cl)c2)C1O. The van der Waals surface area contributed by atoms with Gasteiger partial charge in [-0.25, -0.2) is 4.79 Å². The second-order valence-corrected chi connectivity index (χ2v) is 7.85. The van der Waals surface area contributed by atoms with Crippen molar-refractivity contribution in [1.82, 2.24) is 15.5 Å². The highest BCUT2D eigenvalue weighted by atomic mass is 35.5. The third kappa shape index (κ3) is 5.62. The van der Waals surface area contributed by atoms with E-state index in [0.29, 0.717) is 30.4 Å². The Morgan fingerprint density at radius 2 is 2.03 bits per heavy atom. The van der Waals surface area contributed by atoms with Crippen molar-refractivity contribution >= 4 is 29.2 Å². The van der Waals surface area contributed by atoms with Gasteiger partial charge < -0.3 is 21.5 Å². The van der Waals surface area contributed by atoms with E-state index in [4.69, 9.17) is 28.9 Å².